The summed E-state index contributed by atoms with van der Waals surface area (Å²) in [7, 11) is 6.61. The second kappa shape index (κ2) is 9.69. The smallest absolute Gasteiger partial charge is 0.203 e. The first-order valence-electron chi connectivity index (χ1n) is 7.45. The molecule has 1 aliphatic carbocycles. The van der Waals surface area contributed by atoms with E-state index in [0.717, 1.165) is 24.0 Å². The van der Waals surface area contributed by atoms with Gasteiger partial charge in [-0.2, -0.15) is 0 Å². The molecular formula is C16H26IN3O3. The van der Waals surface area contributed by atoms with Crippen LogP contribution in [0, 0.1) is 5.92 Å². The number of hydrogen-bond acceptors (Lipinski definition) is 4. The summed E-state index contributed by atoms with van der Waals surface area (Å²) in [6.45, 7) is 1.61. The largest absolute Gasteiger partial charge is 0.493 e. The van der Waals surface area contributed by atoms with Gasteiger partial charge < -0.3 is 24.8 Å². The summed E-state index contributed by atoms with van der Waals surface area (Å²) in [5.74, 6) is 3.52. The fourth-order valence-electron chi connectivity index (χ4n) is 2.21. The molecule has 1 fully saturated rings. The minimum absolute atomic E-state index is 0. The Morgan fingerprint density at radius 3 is 2.13 bits per heavy atom. The fourth-order valence-corrected chi connectivity index (χ4v) is 2.21. The quantitative estimate of drug-likeness (QED) is 0.391. The Hall–Kier alpha value is -1.38. The van der Waals surface area contributed by atoms with Gasteiger partial charge >= 0.3 is 0 Å². The number of nitrogens with one attached hydrogen (secondary N) is 2. The molecule has 23 heavy (non-hydrogen) atoms. The summed E-state index contributed by atoms with van der Waals surface area (Å²) < 4.78 is 16.0. The van der Waals surface area contributed by atoms with Crippen molar-refractivity contribution < 1.29 is 14.2 Å². The van der Waals surface area contributed by atoms with Gasteiger partial charge in [-0.25, -0.2) is 0 Å². The first kappa shape index (κ1) is 19.7. The van der Waals surface area contributed by atoms with Crippen molar-refractivity contribution in [2.75, 3.05) is 34.9 Å². The highest BCUT2D eigenvalue weighted by Crippen LogP contribution is 2.38. The average Bonchev–Trinajstić information content (AvgIpc) is 3.38. The van der Waals surface area contributed by atoms with Crippen molar-refractivity contribution in [2.45, 2.75) is 19.4 Å². The molecule has 0 unspecified atom stereocenters. The molecular weight excluding hydrogens is 409 g/mol. The van der Waals surface area contributed by atoms with Crippen molar-refractivity contribution in [1.82, 2.24) is 10.6 Å². The normalized spacial score (nSPS) is 13.8. The van der Waals surface area contributed by atoms with Crippen LogP contribution < -0.4 is 24.8 Å². The van der Waals surface area contributed by atoms with E-state index in [-0.39, 0.29) is 24.0 Å². The van der Waals surface area contributed by atoms with E-state index >= 15 is 0 Å². The highest BCUT2D eigenvalue weighted by molar-refractivity contribution is 14.0. The Morgan fingerprint density at radius 2 is 1.70 bits per heavy atom. The summed E-state index contributed by atoms with van der Waals surface area (Å²) in [6.07, 6.45) is 2.63. The summed E-state index contributed by atoms with van der Waals surface area (Å²) >= 11 is 0. The molecule has 0 atom stereocenters. The van der Waals surface area contributed by atoms with Gasteiger partial charge in [-0.05, 0) is 36.5 Å². The number of rotatable bonds is 7. The molecule has 0 saturated heterocycles. The van der Waals surface area contributed by atoms with Crippen LogP contribution in [0.1, 0.15) is 18.4 Å². The van der Waals surface area contributed by atoms with Gasteiger partial charge in [-0.15, -0.1) is 24.0 Å². The van der Waals surface area contributed by atoms with Crippen LogP contribution in [0.15, 0.2) is 17.1 Å². The van der Waals surface area contributed by atoms with Gasteiger partial charge in [0.1, 0.15) is 0 Å². The third kappa shape index (κ3) is 5.63. The first-order valence-corrected chi connectivity index (χ1v) is 7.45. The van der Waals surface area contributed by atoms with Crippen LogP contribution in [0.5, 0.6) is 17.2 Å². The first-order chi connectivity index (χ1) is 10.7. The van der Waals surface area contributed by atoms with E-state index in [9.17, 15) is 0 Å². The Labute approximate surface area is 155 Å². The minimum atomic E-state index is 0. The molecule has 0 spiro atoms. The number of ether oxygens (including phenoxy) is 3. The van der Waals surface area contributed by atoms with E-state index in [1.54, 1.807) is 28.4 Å². The zero-order valence-corrected chi connectivity index (χ0v) is 16.5. The maximum absolute atomic E-state index is 5.36. The molecule has 1 aliphatic rings. The van der Waals surface area contributed by atoms with Crippen molar-refractivity contribution in [3.63, 3.8) is 0 Å². The summed E-state index contributed by atoms with van der Waals surface area (Å²) in [4.78, 5) is 4.23. The standard InChI is InChI=1S/C16H25N3O3.HI/c1-17-16(18-9-11-5-6-11)19-10-12-7-13(20-2)15(22-4)14(8-12)21-3;/h7-8,11H,5-6,9-10H2,1-4H3,(H2,17,18,19);1H. The lowest BCUT2D eigenvalue weighted by Gasteiger charge is -2.15. The Bertz CT molecular complexity index is 508. The summed E-state index contributed by atoms with van der Waals surface area (Å²) in [6, 6.07) is 3.87. The van der Waals surface area contributed by atoms with Gasteiger partial charge in [-0.1, -0.05) is 0 Å². The van der Waals surface area contributed by atoms with Crippen LogP contribution in [0.2, 0.25) is 0 Å². The predicted molar refractivity (Wildman–Crippen MR) is 102 cm³/mol. The zero-order valence-electron chi connectivity index (χ0n) is 14.1. The second-order valence-corrected chi connectivity index (χ2v) is 5.28. The van der Waals surface area contributed by atoms with E-state index in [4.69, 9.17) is 14.2 Å². The Morgan fingerprint density at radius 1 is 1.09 bits per heavy atom. The number of nitrogens with zero attached hydrogens (tertiary/aromatic N) is 1. The van der Waals surface area contributed by atoms with Gasteiger partial charge in [0.25, 0.3) is 0 Å². The van der Waals surface area contributed by atoms with E-state index in [1.165, 1.54) is 12.8 Å². The molecule has 1 saturated carbocycles. The maximum Gasteiger partial charge on any atom is 0.203 e. The fraction of sp³-hybridized carbons (Fsp3) is 0.562. The number of halogens is 1. The van der Waals surface area contributed by atoms with Gasteiger partial charge in [0.15, 0.2) is 17.5 Å². The summed E-state index contributed by atoms with van der Waals surface area (Å²) in [5, 5.41) is 6.63. The van der Waals surface area contributed by atoms with Crippen molar-refractivity contribution in [3.8, 4) is 17.2 Å². The van der Waals surface area contributed by atoms with Gasteiger partial charge in [0, 0.05) is 20.1 Å². The molecule has 6 nitrogen and oxygen atoms in total. The summed E-state index contributed by atoms with van der Waals surface area (Å²) in [5.41, 5.74) is 1.03. The number of guanidine groups is 1. The van der Waals surface area contributed by atoms with Crippen LogP contribution >= 0.6 is 24.0 Å². The minimum Gasteiger partial charge on any atom is -0.493 e. The predicted octanol–water partition coefficient (Wildman–Crippen LogP) is 2.41. The molecule has 0 aromatic heterocycles. The van der Waals surface area contributed by atoms with Crippen LogP contribution in [0.4, 0.5) is 0 Å². The Kier molecular flexibility index (Phi) is 8.29. The monoisotopic (exact) mass is 435 g/mol. The lowest BCUT2D eigenvalue weighted by molar-refractivity contribution is 0.323. The van der Waals surface area contributed by atoms with Crippen molar-refractivity contribution >= 4 is 29.9 Å². The SMILES string of the molecule is CN=C(NCc1cc(OC)c(OC)c(OC)c1)NCC1CC1.I. The van der Waals surface area contributed by atoms with Crippen molar-refractivity contribution in [1.29, 1.82) is 0 Å². The lowest BCUT2D eigenvalue weighted by atomic mass is 10.2. The van der Waals surface area contributed by atoms with Crippen molar-refractivity contribution in [3.05, 3.63) is 17.7 Å². The van der Waals surface area contributed by atoms with Crippen LogP contribution in [0.3, 0.4) is 0 Å². The van der Waals surface area contributed by atoms with Crippen LogP contribution in [-0.4, -0.2) is 40.9 Å². The van der Waals surface area contributed by atoms with E-state index in [0.29, 0.717) is 23.8 Å². The maximum atomic E-state index is 5.36. The number of aliphatic imine (C=N–C) groups is 1. The molecule has 7 heteroatoms. The average molecular weight is 435 g/mol. The van der Waals surface area contributed by atoms with Crippen molar-refractivity contribution in [2.24, 2.45) is 10.9 Å². The van der Waals surface area contributed by atoms with Crippen LogP contribution in [-0.2, 0) is 6.54 Å². The van der Waals surface area contributed by atoms with Gasteiger partial charge in [-0.3, -0.25) is 4.99 Å². The van der Waals surface area contributed by atoms with E-state index in [1.807, 2.05) is 12.1 Å². The molecule has 1 aromatic carbocycles. The van der Waals surface area contributed by atoms with E-state index in [2.05, 4.69) is 15.6 Å². The molecule has 2 rings (SSSR count). The van der Waals surface area contributed by atoms with Crippen LogP contribution in [0.25, 0.3) is 0 Å². The lowest BCUT2D eigenvalue weighted by Crippen LogP contribution is -2.37. The molecule has 0 heterocycles. The highest BCUT2D eigenvalue weighted by atomic mass is 127. The third-order valence-electron chi connectivity index (χ3n) is 3.66. The number of hydrogen-bond donors (Lipinski definition) is 2. The highest BCUT2D eigenvalue weighted by Gasteiger charge is 2.21. The van der Waals surface area contributed by atoms with Gasteiger partial charge in [0.05, 0.1) is 21.3 Å². The van der Waals surface area contributed by atoms with E-state index < -0.39 is 0 Å². The molecule has 1 aromatic rings. The van der Waals surface area contributed by atoms with Gasteiger partial charge in [0.2, 0.25) is 5.75 Å². The second-order valence-electron chi connectivity index (χ2n) is 5.28. The third-order valence-corrected chi connectivity index (χ3v) is 3.66. The molecule has 2 N–H and O–H groups in total. The molecule has 0 aliphatic heterocycles. The molecule has 0 bridgehead atoms. The molecule has 0 radical (unpaired) electrons. The molecule has 130 valence electrons. The zero-order chi connectivity index (χ0) is 15.9. The Balaban J connectivity index is 0.00000264. The topological polar surface area (TPSA) is 64.1 Å². The number of benzene rings is 1. The number of methoxy groups -OCH3 is 3. The molecule has 0 amide bonds.